The predicted octanol–water partition coefficient (Wildman–Crippen LogP) is 13.6. The van der Waals surface area contributed by atoms with Crippen molar-refractivity contribution in [1.29, 1.82) is 0 Å². The van der Waals surface area contributed by atoms with Gasteiger partial charge in [-0.3, -0.25) is 0 Å². The van der Waals surface area contributed by atoms with Crippen LogP contribution in [0.2, 0.25) is 0 Å². The Morgan fingerprint density at radius 3 is 0.667 bits per heavy atom. The summed E-state index contributed by atoms with van der Waals surface area (Å²) in [6, 6.07) is 0. The topological polar surface area (TPSA) is 38.0 Å². The second kappa shape index (κ2) is 40.9. The smallest absolute Gasteiger partial charge is 0.00369 e. The molecule has 0 aromatic heterocycles. The minimum Gasteiger partial charge on any atom is -0.330 e. The fourth-order valence-electron chi connectivity index (χ4n) is 6.51. The number of unbranched alkanes of at least 4 members (excludes halogenated alkanes) is 34. The maximum atomic E-state index is 5.51. The maximum absolute atomic E-state index is 5.51. The summed E-state index contributed by atoms with van der Waals surface area (Å²) in [5.41, 5.74) is 5.51. The van der Waals surface area contributed by atoms with Crippen molar-refractivity contribution in [1.82, 2.24) is 5.32 Å². The van der Waals surface area contributed by atoms with Gasteiger partial charge in [0.2, 0.25) is 0 Å². The minimum absolute atomic E-state index is 0.812. The summed E-state index contributed by atoms with van der Waals surface area (Å²) in [6.45, 7) is 5.39. The number of hydrogen-bond acceptors (Lipinski definition) is 2. The lowest BCUT2D eigenvalue weighted by molar-refractivity contribution is 0.510. The molecule has 0 heterocycles. The zero-order chi connectivity index (χ0) is 30.3. The molecule has 0 unspecified atom stereocenters. The Morgan fingerprint density at radius 2 is 0.452 bits per heavy atom. The van der Waals surface area contributed by atoms with E-state index in [9.17, 15) is 0 Å². The highest BCUT2D eigenvalue weighted by atomic mass is 14.8. The van der Waals surface area contributed by atoms with Crippen LogP contribution in [0.25, 0.3) is 0 Å². The molecule has 2 heteroatoms. The minimum atomic E-state index is 0.812. The zero-order valence-corrected chi connectivity index (χ0v) is 29.7. The molecule has 0 aliphatic carbocycles. The first kappa shape index (κ1) is 41.9. The normalized spacial score (nSPS) is 11.6. The van der Waals surface area contributed by atoms with Gasteiger partial charge in [-0.1, -0.05) is 225 Å². The lowest BCUT2D eigenvalue weighted by atomic mass is 10.0. The highest BCUT2D eigenvalue weighted by Crippen LogP contribution is 2.17. The second-order valence-corrected chi connectivity index (χ2v) is 13.9. The fourth-order valence-corrected chi connectivity index (χ4v) is 6.51. The van der Waals surface area contributed by atoms with E-state index in [1.165, 1.54) is 231 Å². The Morgan fingerprint density at radius 1 is 0.262 bits per heavy atom. The summed E-state index contributed by atoms with van der Waals surface area (Å²) in [5.74, 6) is 0. The van der Waals surface area contributed by atoms with Crippen LogP contribution in [0.5, 0.6) is 0 Å². The highest BCUT2D eigenvalue weighted by molar-refractivity contribution is 4.54. The van der Waals surface area contributed by atoms with Crippen molar-refractivity contribution >= 4 is 0 Å². The van der Waals surface area contributed by atoms with E-state index in [1.807, 2.05) is 0 Å². The lowest BCUT2D eigenvalue weighted by Gasteiger charge is -2.05. The van der Waals surface area contributed by atoms with Crippen molar-refractivity contribution in [2.45, 2.75) is 238 Å². The Labute approximate surface area is 268 Å². The van der Waals surface area contributed by atoms with Crippen LogP contribution < -0.4 is 11.1 Å². The van der Waals surface area contributed by atoms with Gasteiger partial charge in [-0.2, -0.15) is 0 Å². The van der Waals surface area contributed by atoms with Crippen LogP contribution in [0.1, 0.15) is 238 Å². The first-order chi connectivity index (χ1) is 20.9. The van der Waals surface area contributed by atoms with E-state index in [0.717, 1.165) is 19.5 Å². The quantitative estimate of drug-likeness (QED) is 0.0697. The van der Waals surface area contributed by atoms with Gasteiger partial charge in [-0.05, 0) is 32.5 Å². The third kappa shape index (κ3) is 39.9. The summed E-state index contributed by atoms with van der Waals surface area (Å²) in [7, 11) is 0. The van der Waals surface area contributed by atoms with Crippen molar-refractivity contribution in [3.63, 3.8) is 0 Å². The van der Waals surface area contributed by atoms with Gasteiger partial charge >= 0.3 is 0 Å². The zero-order valence-electron chi connectivity index (χ0n) is 29.7. The molecule has 0 saturated heterocycles. The molecule has 0 atom stereocenters. The summed E-state index contributed by atoms with van der Waals surface area (Å²) in [5, 5.41) is 3.48. The Bertz CT molecular complexity index is 397. The second-order valence-electron chi connectivity index (χ2n) is 13.9. The largest absolute Gasteiger partial charge is 0.330 e. The summed E-state index contributed by atoms with van der Waals surface area (Å²) >= 11 is 0. The van der Waals surface area contributed by atoms with Crippen molar-refractivity contribution in [2.75, 3.05) is 19.6 Å². The van der Waals surface area contributed by atoms with Gasteiger partial charge in [0.1, 0.15) is 0 Å². The molecule has 0 spiro atoms. The van der Waals surface area contributed by atoms with Gasteiger partial charge in [0.25, 0.3) is 0 Å². The molecule has 0 radical (unpaired) electrons. The van der Waals surface area contributed by atoms with Gasteiger partial charge in [0.05, 0.1) is 0 Å². The Kier molecular flexibility index (Phi) is 40.8. The molecule has 2 nitrogen and oxygen atoms in total. The van der Waals surface area contributed by atoms with Gasteiger partial charge in [0, 0.05) is 0 Å². The summed E-state index contributed by atoms with van der Waals surface area (Å²) in [6.07, 6.45) is 52.6. The molecule has 0 rings (SSSR count). The molecule has 0 aromatic carbocycles. The number of nitrogens with two attached hydrogens (primary N) is 1. The third-order valence-corrected chi connectivity index (χ3v) is 9.51. The lowest BCUT2D eigenvalue weighted by Crippen LogP contribution is -2.19. The van der Waals surface area contributed by atoms with Crippen LogP contribution in [0.3, 0.4) is 0 Å². The number of nitrogens with one attached hydrogen (secondary N) is 1. The highest BCUT2D eigenvalue weighted by Gasteiger charge is 1.97. The molecular weight excluding hydrogens is 508 g/mol. The molecule has 0 fully saturated rings. The molecule has 3 N–H and O–H groups in total. The molecule has 42 heavy (non-hydrogen) atoms. The molecule has 0 amide bonds. The van der Waals surface area contributed by atoms with Crippen LogP contribution >= 0.6 is 0 Å². The molecule has 0 saturated carbocycles. The van der Waals surface area contributed by atoms with Crippen LogP contribution in [-0.4, -0.2) is 19.6 Å². The first-order valence-electron chi connectivity index (χ1n) is 20.3. The van der Waals surface area contributed by atoms with E-state index in [4.69, 9.17) is 5.73 Å². The van der Waals surface area contributed by atoms with Gasteiger partial charge in [0.15, 0.2) is 0 Å². The van der Waals surface area contributed by atoms with Crippen LogP contribution in [-0.2, 0) is 0 Å². The number of rotatable bonds is 39. The van der Waals surface area contributed by atoms with Crippen molar-refractivity contribution < 1.29 is 0 Å². The number of hydrogen-bond donors (Lipinski definition) is 2. The molecule has 0 bridgehead atoms. The van der Waals surface area contributed by atoms with Gasteiger partial charge in [-0.25, -0.2) is 0 Å². The molecule has 254 valence electrons. The Hall–Kier alpha value is -0.0800. The monoisotopic (exact) mass is 593 g/mol. The fraction of sp³-hybridized carbons (Fsp3) is 1.00. The van der Waals surface area contributed by atoms with Crippen molar-refractivity contribution in [2.24, 2.45) is 5.73 Å². The predicted molar refractivity (Wildman–Crippen MR) is 194 cm³/mol. The molecular formula is C40H84N2. The van der Waals surface area contributed by atoms with Gasteiger partial charge in [-0.15, -0.1) is 0 Å². The Balaban J connectivity index is 3.02. The van der Waals surface area contributed by atoms with Crippen molar-refractivity contribution in [3.05, 3.63) is 0 Å². The third-order valence-electron chi connectivity index (χ3n) is 9.51. The average molecular weight is 593 g/mol. The van der Waals surface area contributed by atoms with Crippen LogP contribution in [0.4, 0.5) is 0 Å². The maximum Gasteiger partial charge on any atom is -0.00369 e. The average Bonchev–Trinajstić information content (AvgIpc) is 3.00. The van der Waals surface area contributed by atoms with Crippen molar-refractivity contribution in [3.8, 4) is 0 Å². The molecule has 0 aliphatic heterocycles. The van der Waals surface area contributed by atoms with Crippen LogP contribution in [0, 0.1) is 0 Å². The SMILES string of the molecule is CCCCCCCCCCCCCCCCCCCCCCCCCCCCCCCCCCCCCNCCCN. The van der Waals surface area contributed by atoms with E-state index >= 15 is 0 Å². The molecule has 0 aromatic rings. The van der Waals surface area contributed by atoms with E-state index in [0.29, 0.717) is 0 Å². The van der Waals surface area contributed by atoms with E-state index in [2.05, 4.69) is 12.2 Å². The summed E-state index contributed by atoms with van der Waals surface area (Å²) in [4.78, 5) is 0. The van der Waals surface area contributed by atoms with E-state index in [-0.39, 0.29) is 0 Å². The van der Waals surface area contributed by atoms with Crippen LogP contribution in [0.15, 0.2) is 0 Å². The standard InChI is InChI=1S/C40H84N2/c1-2-3-4-5-6-7-8-9-10-11-12-13-14-15-16-17-18-19-20-21-22-23-24-25-26-27-28-29-30-31-32-33-34-35-36-39-42-40-37-38-41/h42H,2-41H2,1H3. The first-order valence-corrected chi connectivity index (χ1v) is 20.3. The summed E-state index contributed by atoms with van der Waals surface area (Å²) < 4.78 is 0. The van der Waals surface area contributed by atoms with Gasteiger partial charge < -0.3 is 11.1 Å². The van der Waals surface area contributed by atoms with E-state index in [1.54, 1.807) is 0 Å². The van der Waals surface area contributed by atoms with E-state index < -0.39 is 0 Å². The molecule has 0 aliphatic rings.